The van der Waals surface area contributed by atoms with Gasteiger partial charge in [0.05, 0.1) is 12.1 Å². The molecular weight excluding hydrogens is 258 g/mol. The van der Waals surface area contributed by atoms with E-state index < -0.39 is 0 Å². The molecule has 1 aliphatic rings. The highest BCUT2D eigenvalue weighted by atomic mass is 15.5. The maximum absolute atomic E-state index is 4.95. The van der Waals surface area contributed by atoms with Crippen molar-refractivity contribution in [3.8, 4) is 0 Å². The Morgan fingerprint density at radius 3 is 2.33 bits per heavy atom. The lowest BCUT2D eigenvalue weighted by atomic mass is 9.99. The van der Waals surface area contributed by atoms with Gasteiger partial charge >= 0.3 is 0 Å². The van der Waals surface area contributed by atoms with Crippen molar-refractivity contribution in [3.63, 3.8) is 0 Å². The fraction of sp³-hybridized carbons (Fsp3) is 0.278. The topological polar surface area (TPSA) is 27.6 Å². The zero-order valence-corrected chi connectivity index (χ0v) is 12.7. The molecular formula is C18H21N3. The Labute approximate surface area is 126 Å². The molecule has 2 atom stereocenters. The van der Waals surface area contributed by atoms with Gasteiger partial charge in [0.1, 0.15) is 5.84 Å². The third-order valence-electron chi connectivity index (χ3n) is 4.08. The summed E-state index contributed by atoms with van der Waals surface area (Å²) in [5.41, 5.74) is 7.02. The molecule has 108 valence electrons. The van der Waals surface area contributed by atoms with Gasteiger partial charge < -0.3 is 5.43 Å². The number of hydrogen-bond acceptors (Lipinski definition) is 3. The van der Waals surface area contributed by atoms with Crippen LogP contribution >= 0.6 is 0 Å². The fourth-order valence-corrected chi connectivity index (χ4v) is 2.61. The third-order valence-corrected chi connectivity index (χ3v) is 4.08. The average Bonchev–Trinajstić information content (AvgIpc) is 2.51. The van der Waals surface area contributed by atoms with Crippen molar-refractivity contribution in [3.05, 3.63) is 71.3 Å². The highest BCUT2D eigenvalue weighted by molar-refractivity contribution is 5.99. The molecule has 0 fully saturated rings. The summed E-state index contributed by atoms with van der Waals surface area (Å²) in [6, 6.07) is 19.4. The van der Waals surface area contributed by atoms with Crippen LogP contribution in [-0.4, -0.2) is 23.9 Å². The van der Waals surface area contributed by atoms with Gasteiger partial charge in [0.25, 0.3) is 0 Å². The molecule has 3 heteroatoms. The first kappa shape index (κ1) is 13.8. The highest BCUT2D eigenvalue weighted by Crippen LogP contribution is 2.27. The first-order valence-corrected chi connectivity index (χ1v) is 7.34. The lowest BCUT2D eigenvalue weighted by molar-refractivity contribution is 0.178. The number of nitrogens with one attached hydrogen (secondary N) is 1. The molecule has 0 saturated carbocycles. The monoisotopic (exact) mass is 279 g/mol. The van der Waals surface area contributed by atoms with Crippen LogP contribution < -0.4 is 5.43 Å². The summed E-state index contributed by atoms with van der Waals surface area (Å²) in [4.78, 5) is 4.95. The summed E-state index contributed by atoms with van der Waals surface area (Å²) in [5.74, 6) is 0.935. The molecule has 0 aliphatic carbocycles. The van der Waals surface area contributed by atoms with Crippen LogP contribution in [0.5, 0.6) is 0 Å². The van der Waals surface area contributed by atoms with Gasteiger partial charge in [0.15, 0.2) is 0 Å². The predicted octanol–water partition coefficient (Wildman–Crippen LogP) is 3.32. The minimum Gasteiger partial charge on any atom is -0.303 e. The molecule has 1 aliphatic heterocycles. The van der Waals surface area contributed by atoms with Crippen LogP contribution in [0.15, 0.2) is 59.6 Å². The van der Waals surface area contributed by atoms with Gasteiger partial charge in [-0.15, -0.1) is 0 Å². The van der Waals surface area contributed by atoms with Crippen LogP contribution in [0.1, 0.15) is 29.7 Å². The van der Waals surface area contributed by atoms with Crippen LogP contribution in [0.3, 0.4) is 0 Å². The largest absolute Gasteiger partial charge is 0.303 e. The molecule has 0 amide bonds. The molecule has 1 heterocycles. The molecule has 1 N–H and O–H groups in total. The Kier molecular flexibility index (Phi) is 3.76. The smallest absolute Gasteiger partial charge is 0.143 e. The number of hydrazine groups is 1. The van der Waals surface area contributed by atoms with E-state index >= 15 is 0 Å². The molecule has 0 saturated heterocycles. The van der Waals surface area contributed by atoms with Crippen molar-refractivity contribution in [1.82, 2.24) is 10.4 Å². The molecule has 0 aromatic heterocycles. The van der Waals surface area contributed by atoms with E-state index in [1.54, 1.807) is 0 Å². The molecule has 0 bridgehead atoms. The van der Waals surface area contributed by atoms with Crippen molar-refractivity contribution >= 4 is 5.84 Å². The molecule has 2 unspecified atom stereocenters. The van der Waals surface area contributed by atoms with E-state index in [2.05, 4.69) is 79.9 Å². The van der Waals surface area contributed by atoms with Crippen LogP contribution in [0, 0.1) is 6.92 Å². The summed E-state index contributed by atoms with van der Waals surface area (Å²) < 4.78 is 0. The Balaban J connectivity index is 1.99. The zero-order chi connectivity index (χ0) is 14.8. The molecule has 2 aromatic carbocycles. The predicted molar refractivity (Wildman–Crippen MR) is 87.3 cm³/mol. The molecule has 0 radical (unpaired) electrons. The van der Waals surface area contributed by atoms with Crippen molar-refractivity contribution in [2.24, 2.45) is 4.99 Å². The van der Waals surface area contributed by atoms with Gasteiger partial charge in [-0.3, -0.25) is 4.99 Å². The Morgan fingerprint density at radius 1 is 1.00 bits per heavy atom. The summed E-state index contributed by atoms with van der Waals surface area (Å²) in [7, 11) is 2.07. The van der Waals surface area contributed by atoms with E-state index in [1.165, 1.54) is 11.1 Å². The minimum absolute atomic E-state index is 0.147. The lowest BCUT2D eigenvalue weighted by Gasteiger charge is -2.36. The number of aryl methyl sites for hydroxylation is 1. The molecule has 0 spiro atoms. The molecule has 2 aromatic rings. The quantitative estimate of drug-likeness (QED) is 0.913. The van der Waals surface area contributed by atoms with E-state index in [1.807, 2.05) is 6.07 Å². The van der Waals surface area contributed by atoms with Gasteiger partial charge in [-0.25, -0.2) is 5.01 Å². The van der Waals surface area contributed by atoms with Crippen LogP contribution in [0.25, 0.3) is 0 Å². The maximum atomic E-state index is 4.95. The maximum Gasteiger partial charge on any atom is 0.143 e. The number of amidine groups is 1. The van der Waals surface area contributed by atoms with Crippen LogP contribution in [0.2, 0.25) is 0 Å². The number of nitrogens with zero attached hydrogens (tertiary/aromatic N) is 2. The van der Waals surface area contributed by atoms with Crippen molar-refractivity contribution < 1.29 is 0 Å². The normalized spacial score (nSPS) is 22.5. The second-order valence-electron chi connectivity index (χ2n) is 5.66. The number of likely N-dealkylation sites (N-methyl/N-ethyl adjacent to an activating group) is 1. The van der Waals surface area contributed by atoms with Crippen LogP contribution in [-0.2, 0) is 0 Å². The van der Waals surface area contributed by atoms with Crippen LogP contribution in [0.4, 0.5) is 0 Å². The SMILES string of the molecule is Cc1ccc(C2=NC(c3ccccc3)C(C)N(C)N2)cc1. The standard InChI is InChI=1S/C18H21N3/c1-13-9-11-16(12-10-13)18-19-17(14(2)21(3)20-18)15-7-5-4-6-8-15/h4-12,14,17H,1-3H3,(H,19,20). The average molecular weight is 279 g/mol. The van der Waals surface area contributed by atoms with Crippen molar-refractivity contribution in [2.75, 3.05) is 7.05 Å². The second-order valence-corrected chi connectivity index (χ2v) is 5.66. The highest BCUT2D eigenvalue weighted by Gasteiger charge is 2.28. The molecule has 3 rings (SSSR count). The fourth-order valence-electron chi connectivity index (χ4n) is 2.61. The van der Waals surface area contributed by atoms with Gasteiger partial charge in [-0.2, -0.15) is 0 Å². The summed E-state index contributed by atoms with van der Waals surface area (Å²) in [5, 5.41) is 2.14. The summed E-state index contributed by atoms with van der Waals surface area (Å²) in [6.07, 6.45) is 0. The zero-order valence-electron chi connectivity index (χ0n) is 12.7. The number of rotatable bonds is 2. The van der Waals surface area contributed by atoms with Gasteiger partial charge in [0, 0.05) is 12.6 Å². The first-order valence-electron chi connectivity index (χ1n) is 7.34. The lowest BCUT2D eigenvalue weighted by Crippen LogP contribution is -2.51. The number of aliphatic imine (C=N–C) groups is 1. The van der Waals surface area contributed by atoms with Gasteiger partial charge in [0.2, 0.25) is 0 Å². The minimum atomic E-state index is 0.147. The summed E-state index contributed by atoms with van der Waals surface area (Å²) in [6.45, 7) is 4.29. The number of hydrogen-bond donors (Lipinski definition) is 1. The van der Waals surface area contributed by atoms with E-state index in [9.17, 15) is 0 Å². The molecule has 21 heavy (non-hydrogen) atoms. The number of benzene rings is 2. The van der Waals surface area contributed by atoms with E-state index in [0.717, 1.165) is 11.4 Å². The van der Waals surface area contributed by atoms with Crippen molar-refractivity contribution in [1.29, 1.82) is 0 Å². The van der Waals surface area contributed by atoms with Gasteiger partial charge in [-0.1, -0.05) is 60.2 Å². The van der Waals surface area contributed by atoms with E-state index in [0.29, 0.717) is 6.04 Å². The molecule has 3 nitrogen and oxygen atoms in total. The first-order chi connectivity index (χ1) is 10.1. The van der Waals surface area contributed by atoms with E-state index in [-0.39, 0.29) is 6.04 Å². The summed E-state index contributed by atoms with van der Waals surface area (Å²) >= 11 is 0. The second kappa shape index (κ2) is 5.70. The third kappa shape index (κ3) is 2.83. The van der Waals surface area contributed by atoms with E-state index in [4.69, 9.17) is 4.99 Å². The van der Waals surface area contributed by atoms with Gasteiger partial charge in [-0.05, 0) is 19.4 Å². The Bertz CT molecular complexity index is 631. The Hall–Kier alpha value is -2.13. The Morgan fingerprint density at radius 2 is 1.67 bits per heavy atom. The van der Waals surface area contributed by atoms with Crippen molar-refractivity contribution in [2.45, 2.75) is 25.9 Å².